The molecule has 0 amide bonds. The van der Waals surface area contributed by atoms with Gasteiger partial charge in [0.05, 0.1) is 17.0 Å². The summed E-state index contributed by atoms with van der Waals surface area (Å²) in [6, 6.07) is 18.2. The number of para-hydroxylation sites is 1. The molecule has 0 aliphatic heterocycles. The molecule has 0 saturated carbocycles. The van der Waals surface area contributed by atoms with E-state index in [0.29, 0.717) is 13.2 Å². The second kappa shape index (κ2) is 8.34. The van der Waals surface area contributed by atoms with Crippen LogP contribution in [-0.4, -0.2) is 4.98 Å². The highest BCUT2D eigenvalue weighted by molar-refractivity contribution is 5.82. The fraction of sp³-hybridized carbons (Fsp3) is 0.174. The Bertz CT molecular complexity index is 927. The van der Waals surface area contributed by atoms with Crippen LogP contribution in [0.15, 0.2) is 79.1 Å². The number of rotatable bonds is 7. The number of fused-ring (bicyclic) bond motifs is 1. The summed E-state index contributed by atoms with van der Waals surface area (Å²) < 4.78 is 11.7. The molecule has 1 aromatic heterocycles. The summed E-state index contributed by atoms with van der Waals surface area (Å²) in [7, 11) is 0. The molecule has 0 radical (unpaired) electrons. The molecule has 0 bridgehead atoms. The molecule has 0 saturated heterocycles. The predicted octanol–water partition coefficient (Wildman–Crippen LogP) is 5.73. The highest BCUT2D eigenvalue weighted by Gasteiger charge is 2.07. The summed E-state index contributed by atoms with van der Waals surface area (Å²) in [5, 5.41) is 1.10. The maximum Gasteiger partial charge on any atom is 0.130 e. The molecule has 132 valence electrons. The molecule has 0 N–H and O–H groups in total. The van der Waals surface area contributed by atoms with Crippen LogP contribution in [0.3, 0.4) is 0 Å². The summed E-state index contributed by atoms with van der Waals surface area (Å²) in [5.74, 6) is 1.67. The van der Waals surface area contributed by atoms with Crippen LogP contribution >= 0.6 is 0 Å². The lowest BCUT2D eigenvalue weighted by Gasteiger charge is -2.12. The van der Waals surface area contributed by atoms with E-state index in [1.807, 2.05) is 55.5 Å². The van der Waals surface area contributed by atoms with Gasteiger partial charge in [-0.1, -0.05) is 48.6 Å². The average molecular weight is 345 g/mol. The van der Waals surface area contributed by atoms with Crippen LogP contribution in [0, 0.1) is 6.92 Å². The molecule has 26 heavy (non-hydrogen) atoms. The molecule has 0 spiro atoms. The molecule has 0 aliphatic carbocycles. The Morgan fingerprint density at radius 3 is 2.62 bits per heavy atom. The Kier molecular flexibility index (Phi) is 5.69. The monoisotopic (exact) mass is 345 g/mol. The lowest BCUT2D eigenvalue weighted by atomic mass is 10.1. The van der Waals surface area contributed by atoms with Gasteiger partial charge < -0.3 is 9.47 Å². The van der Waals surface area contributed by atoms with Crippen LogP contribution < -0.4 is 4.74 Å². The van der Waals surface area contributed by atoms with Crippen molar-refractivity contribution < 1.29 is 9.47 Å². The first-order valence-electron chi connectivity index (χ1n) is 8.65. The number of hydrogen-bond acceptors (Lipinski definition) is 3. The zero-order valence-corrected chi connectivity index (χ0v) is 15.2. The number of allylic oxidation sites excluding steroid dienone is 3. The Labute approximate surface area is 154 Å². The number of benzene rings is 2. The zero-order chi connectivity index (χ0) is 18.4. The summed E-state index contributed by atoms with van der Waals surface area (Å²) in [6.07, 6.45) is 3.55. The zero-order valence-electron chi connectivity index (χ0n) is 15.2. The van der Waals surface area contributed by atoms with Gasteiger partial charge in [0.15, 0.2) is 0 Å². The van der Waals surface area contributed by atoms with Gasteiger partial charge in [0.2, 0.25) is 0 Å². The third-order valence-electron chi connectivity index (χ3n) is 4.07. The fourth-order valence-corrected chi connectivity index (χ4v) is 2.70. The molecule has 3 aromatic rings. The van der Waals surface area contributed by atoms with E-state index in [0.717, 1.165) is 33.7 Å². The van der Waals surface area contributed by atoms with E-state index in [2.05, 4.69) is 25.6 Å². The number of aryl methyl sites for hydroxylation is 1. The van der Waals surface area contributed by atoms with Crippen LogP contribution in [-0.2, 0) is 18.0 Å². The molecule has 3 rings (SSSR count). The van der Waals surface area contributed by atoms with E-state index in [1.54, 1.807) is 6.08 Å². The molecule has 0 atom stereocenters. The third-order valence-corrected chi connectivity index (χ3v) is 4.07. The van der Waals surface area contributed by atoms with Crippen molar-refractivity contribution in [1.29, 1.82) is 0 Å². The van der Waals surface area contributed by atoms with E-state index in [1.165, 1.54) is 5.56 Å². The number of nitrogens with zero attached hydrogens (tertiary/aromatic N) is 1. The molecule has 3 heteroatoms. The smallest absolute Gasteiger partial charge is 0.130 e. The molecule has 0 aliphatic rings. The molecule has 0 unspecified atom stereocenters. The van der Waals surface area contributed by atoms with Crippen molar-refractivity contribution >= 4 is 10.9 Å². The summed E-state index contributed by atoms with van der Waals surface area (Å²) >= 11 is 0. The maximum absolute atomic E-state index is 5.98. The van der Waals surface area contributed by atoms with Crippen LogP contribution in [0.4, 0.5) is 0 Å². The van der Waals surface area contributed by atoms with E-state index in [4.69, 9.17) is 14.5 Å². The minimum Gasteiger partial charge on any atom is -0.492 e. The topological polar surface area (TPSA) is 31.4 Å². The Morgan fingerprint density at radius 2 is 1.85 bits per heavy atom. The normalized spacial score (nSPS) is 11.4. The first-order valence-corrected chi connectivity index (χ1v) is 8.65. The van der Waals surface area contributed by atoms with E-state index in [9.17, 15) is 0 Å². The predicted molar refractivity (Wildman–Crippen MR) is 106 cm³/mol. The second-order valence-corrected chi connectivity index (χ2v) is 6.19. The highest BCUT2D eigenvalue weighted by Crippen LogP contribution is 2.22. The highest BCUT2D eigenvalue weighted by atomic mass is 16.5. The van der Waals surface area contributed by atoms with Gasteiger partial charge in [-0.25, -0.2) is 4.98 Å². The van der Waals surface area contributed by atoms with Gasteiger partial charge in [0.1, 0.15) is 19.0 Å². The Hall–Kier alpha value is -3.07. The molecular weight excluding hydrogens is 322 g/mol. The number of pyridine rings is 1. The van der Waals surface area contributed by atoms with Crippen LogP contribution in [0.5, 0.6) is 5.75 Å². The van der Waals surface area contributed by atoms with Gasteiger partial charge >= 0.3 is 0 Å². The van der Waals surface area contributed by atoms with Crippen molar-refractivity contribution in [3.63, 3.8) is 0 Å². The van der Waals surface area contributed by atoms with Crippen molar-refractivity contribution in [1.82, 2.24) is 4.98 Å². The summed E-state index contributed by atoms with van der Waals surface area (Å²) in [4.78, 5) is 4.70. The van der Waals surface area contributed by atoms with Crippen LogP contribution in [0.2, 0.25) is 0 Å². The van der Waals surface area contributed by atoms with Gasteiger partial charge in [-0.05, 0) is 44.2 Å². The minimum absolute atomic E-state index is 0.415. The van der Waals surface area contributed by atoms with Gasteiger partial charge in [-0.15, -0.1) is 0 Å². The minimum atomic E-state index is 0.415. The van der Waals surface area contributed by atoms with Crippen LogP contribution in [0.25, 0.3) is 10.9 Å². The van der Waals surface area contributed by atoms with Crippen molar-refractivity contribution in [3.05, 3.63) is 95.9 Å². The van der Waals surface area contributed by atoms with Gasteiger partial charge in [-0.2, -0.15) is 0 Å². The van der Waals surface area contributed by atoms with E-state index in [-0.39, 0.29) is 0 Å². The molecule has 2 aromatic carbocycles. The maximum atomic E-state index is 5.98. The van der Waals surface area contributed by atoms with E-state index < -0.39 is 0 Å². The Balaban J connectivity index is 1.83. The van der Waals surface area contributed by atoms with E-state index >= 15 is 0 Å². The fourth-order valence-electron chi connectivity index (χ4n) is 2.70. The number of aromatic nitrogens is 1. The van der Waals surface area contributed by atoms with Gasteiger partial charge in [0.25, 0.3) is 0 Å². The number of hydrogen-bond donors (Lipinski definition) is 0. The first kappa shape index (κ1) is 17.7. The average Bonchev–Trinajstić information content (AvgIpc) is 2.66. The van der Waals surface area contributed by atoms with Crippen molar-refractivity contribution in [2.24, 2.45) is 0 Å². The first-order chi connectivity index (χ1) is 12.7. The summed E-state index contributed by atoms with van der Waals surface area (Å²) in [5.41, 5.74) is 4.14. The van der Waals surface area contributed by atoms with Crippen molar-refractivity contribution in [2.75, 3.05) is 0 Å². The molecule has 0 fully saturated rings. The Morgan fingerprint density at radius 1 is 1.08 bits per heavy atom. The summed E-state index contributed by atoms with van der Waals surface area (Å²) in [6.45, 7) is 8.55. The SMILES string of the molecule is C=C/C=C(/C)OCc1cc(COc2ccc(C)cc2)c2ccccc2n1. The van der Waals surface area contributed by atoms with Gasteiger partial charge in [0, 0.05) is 10.9 Å². The number of ether oxygens (including phenoxy) is 2. The van der Waals surface area contributed by atoms with Crippen molar-refractivity contribution in [2.45, 2.75) is 27.1 Å². The lowest BCUT2D eigenvalue weighted by molar-refractivity contribution is 0.197. The largest absolute Gasteiger partial charge is 0.492 e. The quantitative estimate of drug-likeness (QED) is 0.405. The van der Waals surface area contributed by atoms with Crippen molar-refractivity contribution in [3.8, 4) is 5.75 Å². The lowest BCUT2D eigenvalue weighted by Crippen LogP contribution is -2.02. The standard InChI is InChI=1S/C23H23NO2/c1-4-7-18(3)25-16-20-14-19(22-8-5-6-9-23(22)24-20)15-26-21-12-10-17(2)11-13-21/h4-14H,1,15-16H2,2-3H3/b18-7-. The second-order valence-electron chi connectivity index (χ2n) is 6.19. The van der Waals surface area contributed by atoms with Gasteiger partial charge in [-0.3, -0.25) is 0 Å². The molecular formula is C23H23NO2. The molecule has 3 nitrogen and oxygen atoms in total. The molecule has 1 heterocycles. The van der Waals surface area contributed by atoms with Crippen LogP contribution in [0.1, 0.15) is 23.7 Å². The third kappa shape index (κ3) is 4.51.